The van der Waals surface area contributed by atoms with Gasteiger partial charge in [-0.25, -0.2) is 0 Å². The second-order valence-electron chi connectivity index (χ2n) is 13.3. The summed E-state index contributed by atoms with van der Waals surface area (Å²) in [6.07, 6.45) is 0. The van der Waals surface area contributed by atoms with E-state index in [-0.39, 0.29) is 0 Å². The van der Waals surface area contributed by atoms with Gasteiger partial charge in [-0.3, -0.25) is 9.98 Å². The van der Waals surface area contributed by atoms with Gasteiger partial charge in [-0.2, -0.15) is 0 Å². The van der Waals surface area contributed by atoms with Crippen molar-refractivity contribution in [3.05, 3.63) is 48.5 Å². The normalized spacial score (nSPS) is 13.7. The van der Waals surface area contributed by atoms with Crippen molar-refractivity contribution in [2.24, 2.45) is 9.98 Å². The van der Waals surface area contributed by atoms with E-state index in [0.29, 0.717) is 45.9 Å². The van der Waals surface area contributed by atoms with E-state index in [2.05, 4.69) is 145 Å². The first-order valence-electron chi connectivity index (χ1n) is 15.2. The molecule has 0 aromatic heterocycles. The zero-order chi connectivity index (χ0) is 31.7. The Balaban J connectivity index is 0.00000268. The molecule has 7 heteroatoms. The van der Waals surface area contributed by atoms with Crippen LogP contribution < -0.4 is 10.4 Å². The molecular weight excluding hydrogens is 622 g/mol. The molecule has 0 spiro atoms. The van der Waals surface area contributed by atoms with Gasteiger partial charge in [0.15, 0.2) is 0 Å². The predicted molar refractivity (Wildman–Crippen MR) is 191 cm³/mol. The first-order chi connectivity index (χ1) is 19.1. The third-order valence-corrected chi connectivity index (χ3v) is 23.7. The van der Waals surface area contributed by atoms with Crippen LogP contribution in [0, 0.1) is 0 Å². The van der Waals surface area contributed by atoms with Crippen molar-refractivity contribution in [1.82, 2.24) is 0 Å². The Bertz CT molecular complexity index is 1020. The molecule has 41 heavy (non-hydrogen) atoms. The minimum atomic E-state index is -1.84. The van der Waals surface area contributed by atoms with Crippen LogP contribution in [-0.2, 0) is 12.7 Å². The van der Waals surface area contributed by atoms with E-state index >= 15 is 0 Å². The predicted octanol–water partition coefficient (Wildman–Crippen LogP) is 11.7. The van der Waals surface area contributed by atoms with E-state index in [9.17, 15) is 0 Å². The van der Waals surface area contributed by atoms with Crippen molar-refractivity contribution < 1.29 is 12.7 Å². The van der Waals surface area contributed by atoms with E-state index in [0.717, 1.165) is 22.8 Å². The summed E-state index contributed by atoms with van der Waals surface area (Å²) in [4.78, 5) is 10.6. The van der Waals surface area contributed by atoms with E-state index in [1.807, 2.05) is 0 Å². The molecule has 0 bridgehead atoms. The van der Waals surface area contributed by atoms with Crippen molar-refractivity contribution in [1.29, 1.82) is 0 Å². The van der Waals surface area contributed by atoms with Crippen LogP contribution in [0.25, 0.3) is 0 Å². The molecule has 2 rings (SSSR count). The van der Waals surface area contributed by atoms with Gasteiger partial charge in [-0.15, -0.1) is 0 Å². The molecule has 0 unspecified atom stereocenters. The Morgan fingerprint density at radius 2 is 0.732 bits per heavy atom. The maximum absolute atomic E-state index is 5.30. The fourth-order valence-electron chi connectivity index (χ4n) is 8.26. The van der Waals surface area contributed by atoms with Crippen LogP contribution in [0.2, 0.25) is 33.2 Å². The van der Waals surface area contributed by atoms with E-state index in [1.54, 1.807) is 0 Å². The summed E-state index contributed by atoms with van der Waals surface area (Å²) < 4.78 is 0. The number of hydrogen-bond donors (Lipinski definition) is 0. The van der Waals surface area contributed by atoms with Gasteiger partial charge in [-0.1, -0.05) is 119 Å². The Hall–Kier alpha value is -0.713. The molecule has 0 atom stereocenters. The van der Waals surface area contributed by atoms with Gasteiger partial charge in [0.1, 0.15) is 0 Å². The fourth-order valence-corrected chi connectivity index (χ4v) is 21.9. The molecule has 2 aromatic carbocycles. The van der Waals surface area contributed by atoms with Gasteiger partial charge in [-0.05, 0) is 69.6 Å². The summed E-state index contributed by atoms with van der Waals surface area (Å²) in [5, 5.41) is 3.00. The fraction of sp³-hybridized carbons (Fsp3) is 0.588. The molecule has 2 nitrogen and oxygen atoms in total. The van der Waals surface area contributed by atoms with Gasteiger partial charge < -0.3 is 0 Å². The third-order valence-electron chi connectivity index (χ3n) is 9.57. The van der Waals surface area contributed by atoms with Gasteiger partial charge in [0, 0.05) is 0 Å². The average Bonchev–Trinajstić information content (AvgIpc) is 2.86. The second-order valence-corrected chi connectivity index (χ2v) is 26.6. The van der Waals surface area contributed by atoms with E-state index in [4.69, 9.17) is 30.4 Å². The van der Waals surface area contributed by atoms with Crippen molar-refractivity contribution in [3.8, 4) is 0 Å². The van der Waals surface area contributed by atoms with Crippen molar-refractivity contribution in [2.75, 3.05) is 0 Å². The SMILES string of the molecule is CC(=Nc1ccccc1[Si](C(C)C)(C(C)C)C(C)C)C(C)=Nc1ccccc1[Si](C(C)C)(C(C)C)C(C)C.[Cl][Ni][Cl]. The van der Waals surface area contributed by atoms with Gasteiger partial charge >= 0.3 is 33.0 Å². The first kappa shape index (κ1) is 38.3. The number of halogens is 2. The third kappa shape index (κ3) is 8.27. The number of aliphatic imine (C=N–C) groups is 2. The quantitative estimate of drug-likeness (QED) is 0.167. The summed E-state index contributed by atoms with van der Waals surface area (Å²) in [7, 11) is 5.73. The summed E-state index contributed by atoms with van der Waals surface area (Å²) in [6.45, 7) is 33.4. The standard InChI is InChI=1S/C34H56N2Si2.2ClH.Ni/c1-23(2)37(24(3)4,25(5)6)33-21-17-15-19-31(33)35-29(13)30(14)36-32-20-16-18-22-34(32)38(26(7)8,27(9)10)28(11)12;;;/h15-28H,1-14H3;2*1H;/q;;;+2/p-2. The van der Waals surface area contributed by atoms with Crippen molar-refractivity contribution in [2.45, 2.75) is 130 Å². The molecule has 0 aliphatic rings. The molecule has 0 amide bonds. The number of nitrogens with zero attached hydrogens (tertiary/aromatic N) is 2. The monoisotopic (exact) mass is 676 g/mol. The van der Waals surface area contributed by atoms with Crippen LogP contribution >= 0.6 is 20.4 Å². The molecule has 0 N–H and O–H groups in total. The van der Waals surface area contributed by atoms with E-state index < -0.39 is 16.1 Å². The summed E-state index contributed by atoms with van der Waals surface area (Å²) >= 11 is 0.569. The molecule has 234 valence electrons. The Kier molecular flexibility index (Phi) is 15.8. The number of para-hydroxylation sites is 2. The zero-order valence-electron chi connectivity index (χ0n) is 28.0. The van der Waals surface area contributed by atoms with Crippen LogP contribution in [0.1, 0.15) is 96.9 Å². The summed E-state index contributed by atoms with van der Waals surface area (Å²) in [6, 6.07) is 17.9. The molecule has 0 radical (unpaired) electrons. The molecule has 0 saturated carbocycles. The number of hydrogen-bond acceptors (Lipinski definition) is 2. The molecule has 2 aromatic rings. The summed E-state index contributed by atoms with van der Waals surface area (Å²) in [5.74, 6) is 0. The second kappa shape index (κ2) is 17.0. The topological polar surface area (TPSA) is 24.7 Å². The Labute approximate surface area is 269 Å². The molecule has 0 heterocycles. The number of benzene rings is 2. The average molecular weight is 679 g/mol. The van der Waals surface area contributed by atoms with Crippen molar-refractivity contribution >= 4 is 69.7 Å². The zero-order valence-corrected chi connectivity index (χ0v) is 32.5. The van der Waals surface area contributed by atoms with Gasteiger partial charge in [0.2, 0.25) is 0 Å². The molecular formula is C34H56Cl2N2NiSi2. The van der Waals surface area contributed by atoms with Crippen LogP contribution in [-0.4, -0.2) is 27.6 Å². The Morgan fingerprint density at radius 3 is 0.951 bits per heavy atom. The van der Waals surface area contributed by atoms with Gasteiger partial charge in [0.05, 0.1) is 38.9 Å². The first-order valence-corrected chi connectivity index (χ1v) is 22.4. The molecule has 0 aliphatic heterocycles. The molecule has 0 saturated heterocycles. The van der Waals surface area contributed by atoms with Crippen molar-refractivity contribution in [3.63, 3.8) is 0 Å². The van der Waals surface area contributed by atoms with E-state index in [1.165, 1.54) is 10.4 Å². The summed E-state index contributed by atoms with van der Waals surface area (Å²) in [5.41, 5.74) is 8.16. The van der Waals surface area contributed by atoms with Gasteiger partial charge in [0.25, 0.3) is 0 Å². The molecule has 0 aliphatic carbocycles. The minimum absolute atomic E-state index is 0.569. The maximum atomic E-state index is 5.30. The Morgan fingerprint density at radius 1 is 0.512 bits per heavy atom. The van der Waals surface area contributed by atoms with Crippen LogP contribution in [0.15, 0.2) is 58.5 Å². The van der Waals surface area contributed by atoms with Crippen LogP contribution in [0.4, 0.5) is 11.4 Å². The van der Waals surface area contributed by atoms with Crippen LogP contribution in [0.5, 0.6) is 0 Å². The van der Waals surface area contributed by atoms with Crippen LogP contribution in [0.3, 0.4) is 0 Å². The molecule has 0 fully saturated rings. The number of rotatable bonds is 11.